The van der Waals surface area contributed by atoms with E-state index in [1.807, 2.05) is 6.92 Å². The van der Waals surface area contributed by atoms with E-state index in [9.17, 15) is 0 Å². The number of rotatable bonds is 4. The van der Waals surface area contributed by atoms with Crippen LogP contribution in [0.2, 0.25) is 0 Å². The summed E-state index contributed by atoms with van der Waals surface area (Å²) in [6.07, 6.45) is 8.64. The fourth-order valence-electron chi connectivity index (χ4n) is 5.28. The number of benzene rings is 2. The maximum absolute atomic E-state index is 5.55. The lowest BCUT2D eigenvalue weighted by Gasteiger charge is -2.41. The summed E-state index contributed by atoms with van der Waals surface area (Å²) in [6.45, 7) is 5.19. The molecule has 4 unspecified atom stereocenters. The van der Waals surface area contributed by atoms with Crippen LogP contribution in [0.3, 0.4) is 0 Å². The molecule has 1 heteroatoms. The van der Waals surface area contributed by atoms with Gasteiger partial charge in [0.15, 0.2) is 0 Å². The Morgan fingerprint density at radius 3 is 2.08 bits per heavy atom. The van der Waals surface area contributed by atoms with Gasteiger partial charge in [0.2, 0.25) is 0 Å². The van der Waals surface area contributed by atoms with Crippen molar-refractivity contribution in [3.63, 3.8) is 0 Å². The lowest BCUT2D eigenvalue weighted by molar-refractivity contribution is 0.124. The van der Waals surface area contributed by atoms with E-state index in [0.29, 0.717) is 0 Å². The first-order valence-corrected chi connectivity index (χ1v) is 10.6. The average molecular weight is 349 g/mol. The van der Waals surface area contributed by atoms with Crippen LogP contribution in [0.15, 0.2) is 48.5 Å². The van der Waals surface area contributed by atoms with Crippen LogP contribution in [0.25, 0.3) is 11.1 Å². The zero-order valence-electron chi connectivity index (χ0n) is 16.3. The van der Waals surface area contributed by atoms with Gasteiger partial charge in [-0.1, -0.05) is 49.7 Å². The Kier molecular flexibility index (Phi) is 5.33. The Balaban J connectivity index is 1.43. The Bertz CT molecular complexity index is 700. The summed E-state index contributed by atoms with van der Waals surface area (Å²) >= 11 is 0. The molecule has 2 aromatic rings. The lowest BCUT2D eigenvalue weighted by Crippen LogP contribution is -2.29. The molecule has 0 saturated heterocycles. The molecule has 0 spiro atoms. The zero-order chi connectivity index (χ0) is 17.9. The molecule has 0 radical (unpaired) electrons. The number of hydrogen-bond donors (Lipinski definition) is 0. The SMILES string of the molecule is CCOc1ccc(-c2ccc(C3CCC4CC(C)CCC4C3)cc2)cc1. The Morgan fingerprint density at radius 1 is 0.769 bits per heavy atom. The van der Waals surface area contributed by atoms with E-state index in [4.69, 9.17) is 4.74 Å². The third-order valence-corrected chi connectivity index (χ3v) is 6.76. The minimum atomic E-state index is 0.718. The first-order valence-electron chi connectivity index (χ1n) is 10.6. The number of hydrogen-bond acceptors (Lipinski definition) is 1. The molecule has 26 heavy (non-hydrogen) atoms. The molecule has 138 valence electrons. The van der Waals surface area contributed by atoms with Crippen molar-refractivity contribution in [1.29, 1.82) is 0 Å². The summed E-state index contributed by atoms with van der Waals surface area (Å²) in [5.41, 5.74) is 4.12. The highest BCUT2D eigenvalue weighted by Gasteiger charge is 2.34. The predicted molar refractivity (Wildman–Crippen MR) is 110 cm³/mol. The third kappa shape index (κ3) is 3.82. The van der Waals surface area contributed by atoms with Crippen molar-refractivity contribution >= 4 is 0 Å². The van der Waals surface area contributed by atoms with Gasteiger partial charge in [0.25, 0.3) is 0 Å². The minimum Gasteiger partial charge on any atom is -0.494 e. The molecule has 0 aromatic heterocycles. The van der Waals surface area contributed by atoms with E-state index in [0.717, 1.165) is 36.0 Å². The first-order chi connectivity index (χ1) is 12.7. The molecule has 0 amide bonds. The van der Waals surface area contributed by atoms with Gasteiger partial charge in [-0.15, -0.1) is 0 Å². The molecule has 2 aliphatic carbocycles. The van der Waals surface area contributed by atoms with Crippen LogP contribution in [0.5, 0.6) is 5.75 Å². The van der Waals surface area contributed by atoms with Gasteiger partial charge in [-0.05, 0) is 91.5 Å². The highest BCUT2D eigenvalue weighted by Crippen LogP contribution is 2.47. The molecule has 4 atom stereocenters. The van der Waals surface area contributed by atoms with Crippen molar-refractivity contribution in [3.05, 3.63) is 54.1 Å². The summed E-state index contributed by atoms with van der Waals surface area (Å²) < 4.78 is 5.55. The smallest absolute Gasteiger partial charge is 0.119 e. The summed E-state index contributed by atoms with van der Waals surface area (Å²) in [5.74, 6) is 4.68. The Morgan fingerprint density at radius 2 is 1.38 bits per heavy atom. The van der Waals surface area contributed by atoms with E-state index in [1.54, 1.807) is 5.56 Å². The van der Waals surface area contributed by atoms with Crippen LogP contribution in [0, 0.1) is 17.8 Å². The minimum absolute atomic E-state index is 0.718. The van der Waals surface area contributed by atoms with Crippen LogP contribution >= 0.6 is 0 Å². The third-order valence-electron chi connectivity index (χ3n) is 6.76. The van der Waals surface area contributed by atoms with Gasteiger partial charge in [0, 0.05) is 0 Å². The zero-order valence-corrected chi connectivity index (χ0v) is 16.3. The molecule has 0 heterocycles. The second kappa shape index (κ2) is 7.86. The van der Waals surface area contributed by atoms with Gasteiger partial charge in [0.1, 0.15) is 5.75 Å². The van der Waals surface area contributed by atoms with Gasteiger partial charge < -0.3 is 4.74 Å². The van der Waals surface area contributed by atoms with Crippen molar-refractivity contribution < 1.29 is 4.74 Å². The molecular weight excluding hydrogens is 316 g/mol. The van der Waals surface area contributed by atoms with Gasteiger partial charge in [-0.25, -0.2) is 0 Å². The first kappa shape index (κ1) is 17.6. The van der Waals surface area contributed by atoms with Crippen LogP contribution < -0.4 is 4.74 Å². The Hall–Kier alpha value is -1.76. The molecule has 2 aliphatic rings. The van der Waals surface area contributed by atoms with Gasteiger partial charge in [0.05, 0.1) is 6.61 Å². The van der Waals surface area contributed by atoms with Crippen LogP contribution in [-0.2, 0) is 0 Å². The predicted octanol–water partition coefficient (Wildman–Crippen LogP) is 7.07. The van der Waals surface area contributed by atoms with Gasteiger partial charge in [-0.3, -0.25) is 0 Å². The molecule has 0 bridgehead atoms. The fourth-order valence-corrected chi connectivity index (χ4v) is 5.28. The molecule has 4 rings (SSSR count). The highest BCUT2D eigenvalue weighted by atomic mass is 16.5. The number of fused-ring (bicyclic) bond motifs is 1. The van der Waals surface area contributed by atoms with Gasteiger partial charge in [-0.2, -0.15) is 0 Å². The molecule has 2 fully saturated rings. The van der Waals surface area contributed by atoms with Crippen LogP contribution in [0.1, 0.15) is 63.9 Å². The number of ether oxygens (including phenoxy) is 1. The van der Waals surface area contributed by atoms with Crippen molar-refractivity contribution in [1.82, 2.24) is 0 Å². The monoisotopic (exact) mass is 348 g/mol. The summed E-state index contributed by atoms with van der Waals surface area (Å²) in [4.78, 5) is 0. The fraction of sp³-hybridized carbons (Fsp3) is 0.520. The summed E-state index contributed by atoms with van der Waals surface area (Å²) in [7, 11) is 0. The molecular formula is C25H32O. The van der Waals surface area contributed by atoms with Crippen LogP contribution in [0.4, 0.5) is 0 Å². The average Bonchev–Trinajstić information content (AvgIpc) is 2.69. The molecule has 2 aromatic carbocycles. The van der Waals surface area contributed by atoms with E-state index < -0.39 is 0 Å². The maximum Gasteiger partial charge on any atom is 0.119 e. The highest BCUT2D eigenvalue weighted by molar-refractivity contribution is 5.64. The van der Waals surface area contributed by atoms with E-state index in [-0.39, 0.29) is 0 Å². The quantitative estimate of drug-likeness (QED) is 0.574. The Labute approximate surface area is 158 Å². The van der Waals surface area contributed by atoms with Crippen LogP contribution in [-0.4, -0.2) is 6.61 Å². The van der Waals surface area contributed by atoms with Crippen molar-refractivity contribution in [2.75, 3.05) is 6.61 Å². The van der Waals surface area contributed by atoms with E-state index >= 15 is 0 Å². The van der Waals surface area contributed by atoms with Gasteiger partial charge >= 0.3 is 0 Å². The van der Waals surface area contributed by atoms with E-state index in [1.165, 1.54) is 49.7 Å². The molecule has 0 N–H and O–H groups in total. The molecule has 1 nitrogen and oxygen atoms in total. The van der Waals surface area contributed by atoms with E-state index in [2.05, 4.69) is 55.5 Å². The second-order valence-electron chi connectivity index (χ2n) is 8.53. The lowest BCUT2D eigenvalue weighted by atomic mass is 9.64. The summed E-state index contributed by atoms with van der Waals surface area (Å²) in [5, 5.41) is 0. The topological polar surface area (TPSA) is 9.23 Å². The van der Waals surface area contributed by atoms with Crippen molar-refractivity contribution in [2.24, 2.45) is 17.8 Å². The molecule has 0 aliphatic heterocycles. The van der Waals surface area contributed by atoms with Crippen molar-refractivity contribution in [2.45, 2.75) is 58.3 Å². The molecule has 2 saturated carbocycles. The second-order valence-corrected chi connectivity index (χ2v) is 8.53. The normalized spacial score (nSPS) is 28.4. The standard InChI is InChI=1S/C25H32O/c1-3-26-25-14-12-20(13-15-25)19-6-8-21(9-7-19)23-11-10-22-16-18(2)4-5-24(22)17-23/h6-9,12-15,18,22-24H,3-5,10-11,16-17H2,1-2H3. The summed E-state index contributed by atoms with van der Waals surface area (Å²) in [6, 6.07) is 17.8. The maximum atomic E-state index is 5.55. The largest absolute Gasteiger partial charge is 0.494 e. The van der Waals surface area contributed by atoms with Crippen molar-refractivity contribution in [3.8, 4) is 16.9 Å².